The highest BCUT2D eigenvalue weighted by Gasteiger charge is 2.45. The zero-order chi connectivity index (χ0) is 50.3. The summed E-state index contributed by atoms with van der Waals surface area (Å²) in [7, 11) is 0. The Kier molecular flexibility index (Phi) is 17.3. The van der Waals surface area contributed by atoms with Gasteiger partial charge < -0.3 is 30.1 Å². The highest BCUT2D eigenvalue weighted by Crippen LogP contribution is 2.50. The monoisotopic (exact) mass is 985 g/mol. The van der Waals surface area contributed by atoms with Gasteiger partial charge in [0.15, 0.2) is 0 Å². The normalized spacial score (nSPS) is 19.8. The number of unbranched alkanes of at least 4 members (excludes halogenated alkanes) is 5. The maximum absolute atomic E-state index is 16.1. The molecule has 11 nitrogen and oxygen atoms in total. The van der Waals surface area contributed by atoms with Crippen LogP contribution in [0.2, 0.25) is 0 Å². The molecular formula is C55H70F3N5O6S. The minimum atomic E-state index is -1.56. The molecule has 2 aliphatic heterocycles. The molecule has 3 amide bonds. The molecule has 70 heavy (non-hydrogen) atoms. The number of likely N-dealkylation sites (tertiary alicyclic amines) is 1. The lowest BCUT2D eigenvalue weighted by atomic mass is 9.84. The van der Waals surface area contributed by atoms with Crippen molar-refractivity contribution in [1.29, 1.82) is 0 Å². The Balaban J connectivity index is 0.804. The van der Waals surface area contributed by atoms with Crippen LogP contribution < -0.4 is 15.4 Å². The molecule has 3 N–H and O–H groups in total. The molecule has 0 unspecified atom stereocenters. The molecule has 1 aromatic heterocycles. The van der Waals surface area contributed by atoms with E-state index in [0.29, 0.717) is 32.5 Å². The van der Waals surface area contributed by atoms with Gasteiger partial charge in [0.2, 0.25) is 17.7 Å². The molecule has 15 heteroatoms. The largest absolute Gasteiger partial charge is 0.493 e. The number of thiazole rings is 1. The molecule has 0 radical (unpaired) electrons. The average molecular weight is 986 g/mol. The summed E-state index contributed by atoms with van der Waals surface area (Å²) in [5, 5.41) is 16.3. The summed E-state index contributed by atoms with van der Waals surface area (Å²) in [5.74, 6) is -2.53. The number of benzene rings is 3. The standard InChI is InChI=1S/C55H70F3N5O6S/c1-34-24-42-41-17-13-12-16-38(41)25-43(42)49(63(34)32-55(6,7)58)48-44(56)27-40(28-45(48)57)69-23-15-11-9-8-10-14-22-68-31-47(65)61-51(54(3,4)5)53(67)62-30-39(64)26-46(62)52(66)59-29-36-18-20-37(21-19-36)50-35(2)60-33-70-50/h12-13,16-21,27-28,33-34,39,46,49,51,64H,8-11,14-15,22-26,29-32H2,1-7H3,(H,59,66)(H,61,65)/t34-,39-,46+,49+,51-/m1/s1. The van der Waals surface area contributed by atoms with Crippen LogP contribution in [-0.2, 0) is 32.1 Å². The molecule has 3 aliphatic rings. The van der Waals surface area contributed by atoms with E-state index in [1.165, 1.54) is 30.9 Å². The van der Waals surface area contributed by atoms with Crippen LogP contribution in [0.15, 0.2) is 71.7 Å². The van der Waals surface area contributed by atoms with E-state index in [4.69, 9.17) is 9.47 Å². The van der Waals surface area contributed by atoms with Crippen molar-refractivity contribution >= 4 is 34.6 Å². The molecule has 5 atom stereocenters. The molecule has 0 bridgehead atoms. The number of aryl methyl sites for hydroxylation is 1. The lowest BCUT2D eigenvalue weighted by molar-refractivity contribution is -0.144. The van der Waals surface area contributed by atoms with E-state index in [9.17, 15) is 19.5 Å². The molecule has 3 heterocycles. The van der Waals surface area contributed by atoms with E-state index in [2.05, 4.69) is 27.8 Å². The topological polar surface area (TPSA) is 133 Å². The van der Waals surface area contributed by atoms with Gasteiger partial charge in [-0.15, -0.1) is 11.3 Å². The van der Waals surface area contributed by atoms with Crippen molar-refractivity contribution in [3.05, 3.63) is 111 Å². The number of fused-ring (bicyclic) bond motifs is 2. The summed E-state index contributed by atoms with van der Waals surface area (Å²) in [6.07, 6.45) is 5.50. The Labute approximate surface area is 415 Å². The Morgan fingerprint density at radius 1 is 0.943 bits per heavy atom. The van der Waals surface area contributed by atoms with Gasteiger partial charge >= 0.3 is 0 Å². The van der Waals surface area contributed by atoms with E-state index in [1.807, 2.05) is 81.4 Å². The third-order valence-electron chi connectivity index (χ3n) is 13.6. The lowest BCUT2D eigenvalue weighted by Crippen LogP contribution is -2.58. The van der Waals surface area contributed by atoms with Crippen molar-refractivity contribution in [1.82, 2.24) is 25.4 Å². The van der Waals surface area contributed by atoms with Crippen LogP contribution in [0.5, 0.6) is 5.75 Å². The Morgan fingerprint density at radius 3 is 2.27 bits per heavy atom. The van der Waals surface area contributed by atoms with Gasteiger partial charge in [-0.3, -0.25) is 19.3 Å². The van der Waals surface area contributed by atoms with Crippen molar-refractivity contribution in [3.63, 3.8) is 0 Å². The Hall–Kier alpha value is -5.09. The number of ether oxygens (including phenoxy) is 2. The van der Waals surface area contributed by atoms with Gasteiger partial charge in [-0.25, -0.2) is 18.2 Å². The van der Waals surface area contributed by atoms with Gasteiger partial charge in [0.1, 0.15) is 41.7 Å². The van der Waals surface area contributed by atoms with Crippen LogP contribution >= 0.6 is 11.3 Å². The second-order valence-corrected chi connectivity index (χ2v) is 21.8. The van der Waals surface area contributed by atoms with E-state index in [1.54, 1.807) is 11.3 Å². The average Bonchev–Trinajstić information content (AvgIpc) is 4.02. The summed E-state index contributed by atoms with van der Waals surface area (Å²) >= 11 is 1.57. The molecule has 3 aromatic carbocycles. The molecular weight excluding hydrogens is 916 g/mol. The quantitative estimate of drug-likeness (QED) is 0.0704. The molecule has 0 saturated carbocycles. The highest BCUT2D eigenvalue weighted by molar-refractivity contribution is 7.13. The summed E-state index contributed by atoms with van der Waals surface area (Å²) < 4.78 is 58.8. The zero-order valence-corrected chi connectivity index (χ0v) is 42.5. The first-order valence-corrected chi connectivity index (χ1v) is 25.7. The fourth-order valence-corrected chi connectivity index (χ4v) is 10.9. The second kappa shape index (κ2) is 23.0. The van der Waals surface area contributed by atoms with Crippen LogP contribution in [0.25, 0.3) is 16.0 Å². The van der Waals surface area contributed by atoms with Gasteiger partial charge in [-0.2, -0.15) is 0 Å². The number of hydrogen-bond donors (Lipinski definition) is 3. The first kappa shape index (κ1) is 52.7. The SMILES string of the molecule is Cc1ncsc1-c1ccc(CNC(=O)[C@@H]2C[C@@H](O)CN2C(=O)[C@@H](NC(=O)COCCCCCCCCOc2cc(F)c([C@@H]3C4=C(C[C@@H](C)N3CC(C)(C)F)c3ccccc3C4)c(F)c2)C(C)(C)C)cc1. The molecule has 1 saturated heterocycles. The number of β-amino-alcohol motifs (C(OH)–C–C–N with tert-alkyl or cyclic N) is 1. The van der Waals surface area contributed by atoms with E-state index in [-0.39, 0.29) is 55.9 Å². The van der Waals surface area contributed by atoms with Gasteiger partial charge in [0.05, 0.1) is 34.8 Å². The molecule has 7 rings (SSSR count). The fraction of sp³-hybridized carbons (Fsp3) is 0.527. The summed E-state index contributed by atoms with van der Waals surface area (Å²) in [6, 6.07) is 15.7. The molecule has 378 valence electrons. The fourth-order valence-electron chi connectivity index (χ4n) is 10.1. The molecule has 4 aromatic rings. The highest BCUT2D eigenvalue weighted by atomic mass is 32.1. The molecule has 1 fully saturated rings. The predicted octanol–water partition coefficient (Wildman–Crippen LogP) is 9.84. The Morgan fingerprint density at radius 2 is 1.61 bits per heavy atom. The number of aliphatic hydroxyl groups excluding tert-OH is 1. The second-order valence-electron chi connectivity index (χ2n) is 21.0. The number of aromatic nitrogens is 1. The number of hydrogen-bond acceptors (Lipinski definition) is 9. The maximum Gasteiger partial charge on any atom is 0.246 e. The van der Waals surface area contributed by atoms with Crippen molar-refractivity contribution in [2.75, 3.05) is 32.9 Å². The summed E-state index contributed by atoms with van der Waals surface area (Å²) in [6.45, 7) is 13.2. The Bertz CT molecular complexity index is 2480. The molecule has 1 aliphatic carbocycles. The molecule has 0 spiro atoms. The van der Waals surface area contributed by atoms with E-state index in [0.717, 1.165) is 76.1 Å². The third kappa shape index (κ3) is 13.1. The first-order valence-electron chi connectivity index (χ1n) is 24.8. The van der Waals surface area contributed by atoms with Crippen LogP contribution in [0.4, 0.5) is 13.2 Å². The van der Waals surface area contributed by atoms with Crippen LogP contribution in [0.3, 0.4) is 0 Å². The maximum atomic E-state index is 16.1. The smallest absolute Gasteiger partial charge is 0.246 e. The number of amides is 3. The number of rotatable bonds is 21. The first-order chi connectivity index (χ1) is 33.3. The van der Waals surface area contributed by atoms with Crippen molar-refractivity contribution < 1.29 is 42.1 Å². The van der Waals surface area contributed by atoms with Crippen molar-refractivity contribution in [3.8, 4) is 16.2 Å². The van der Waals surface area contributed by atoms with Gasteiger partial charge in [0, 0.05) is 56.4 Å². The summed E-state index contributed by atoms with van der Waals surface area (Å²) in [4.78, 5) is 49.2. The van der Waals surface area contributed by atoms with Crippen LogP contribution in [-0.4, -0.2) is 100 Å². The summed E-state index contributed by atoms with van der Waals surface area (Å²) in [5.41, 5.74) is 6.66. The van der Waals surface area contributed by atoms with Gasteiger partial charge in [-0.05, 0) is 92.2 Å². The van der Waals surface area contributed by atoms with Crippen LogP contribution in [0.1, 0.15) is 127 Å². The number of nitrogens with zero attached hydrogens (tertiary/aromatic N) is 3. The minimum Gasteiger partial charge on any atom is -0.493 e. The number of halogens is 3. The number of alkyl halides is 1. The van der Waals surface area contributed by atoms with Crippen LogP contribution in [0, 0.1) is 24.0 Å². The third-order valence-corrected chi connectivity index (χ3v) is 14.6. The predicted molar refractivity (Wildman–Crippen MR) is 268 cm³/mol. The minimum absolute atomic E-state index is 0.0162. The van der Waals surface area contributed by atoms with E-state index >= 15 is 13.2 Å². The van der Waals surface area contributed by atoms with Gasteiger partial charge in [-0.1, -0.05) is 95.0 Å². The number of carbonyl (C=O) groups is 3. The van der Waals surface area contributed by atoms with Crippen molar-refractivity contribution in [2.24, 2.45) is 5.41 Å². The number of aliphatic hydroxyl groups is 1. The van der Waals surface area contributed by atoms with Crippen molar-refractivity contribution in [2.45, 2.75) is 149 Å². The lowest BCUT2D eigenvalue weighted by Gasteiger charge is -2.44. The number of nitrogens with one attached hydrogen (secondary N) is 2. The van der Waals surface area contributed by atoms with Gasteiger partial charge in [0.25, 0.3) is 0 Å². The zero-order valence-electron chi connectivity index (χ0n) is 41.7. The van der Waals surface area contributed by atoms with E-state index < -0.39 is 58.8 Å². The number of carbonyl (C=O) groups excluding carboxylic acids is 3.